The lowest BCUT2D eigenvalue weighted by Gasteiger charge is -2.09. The zero-order valence-corrected chi connectivity index (χ0v) is 13.9. The summed E-state index contributed by atoms with van der Waals surface area (Å²) in [5.74, 6) is 0. The maximum absolute atomic E-state index is 12.9. The smallest absolute Gasteiger partial charge is 0.340 e. The molecular weight excluding hydrogens is 314 g/mol. The number of hydrogen-bond acceptors (Lipinski definition) is 4. The molecule has 0 bridgehead atoms. The standard InChI is InChI=1S/C16H17N3O3S/c1-9-4-5-12(6-10(9)2)23(21,22)19-15-7-11(3)13(17)8-14(15)18-16(19)20/h4-8H,17H2,1-3H3,(H,18,20). The summed E-state index contributed by atoms with van der Waals surface area (Å²) in [5.41, 5.74) is 8.84. The minimum atomic E-state index is -3.99. The molecule has 0 unspecified atom stereocenters. The molecule has 2 aromatic carbocycles. The second kappa shape index (κ2) is 4.99. The lowest BCUT2D eigenvalue weighted by atomic mass is 10.1. The lowest BCUT2D eigenvalue weighted by molar-refractivity contribution is 0.587. The summed E-state index contributed by atoms with van der Waals surface area (Å²) in [6, 6.07) is 7.97. The third-order valence-corrected chi connectivity index (χ3v) is 5.74. The number of nitrogens with zero attached hydrogens (tertiary/aromatic N) is 1. The van der Waals surface area contributed by atoms with E-state index in [2.05, 4.69) is 4.98 Å². The minimum Gasteiger partial charge on any atom is -0.398 e. The average molecular weight is 331 g/mol. The normalized spacial score (nSPS) is 12.0. The number of aromatic nitrogens is 2. The van der Waals surface area contributed by atoms with Crippen LogP contribution in [0.25, 0.3) is 11.0 Å². The van der Waals surface area contributed by atoms with Crippen LogP contribution in [-0.4, -0.2) is 17.4 Å². The highest BCUT2D eigenvalue weighted by Crippen LogP contribution is 2.23. The van der Waals surface area contributed by atoms with Crippen molar-refractivity contribution in [1.29, 1.82) is 0 Å². The molecule has 1 heterocycles. The number of H-pyrrole nitrogens is 1. The first-order valence-corrected chi connectivity index (χ1v) is 8.49. The van der Waals surface area contributed by atoms with Crippen LogP contribution in [0.15, 0.2) is 40.0 Å². The van der Waals surface area contributed by atoms with Crippen molar-refractivity contribution < 1.29 is 8.42 Å². The highest BCUT2D eigenvalue weighted by atomic mass is 32.2. The van der Waals surface area contributed by atoms with Crippen molar-refractivity contribution in [3.05, 3.63) is 57.5 Å². The van der Waals surface area contributed by atoms with Crippen LogP contribution in [0.1, 0.15) is 16.7 Å². The second-order valence-corrected chi connectivity index (χ2v) is 7.46. The van der Waals surface area contributed by atoms with Crippen LogP contribution in [0.2, 0.25) is 0 Å². The number of aryl methyl sites for hydroxylation is 3. The predicted octanol–water partition coefficient (Wildman–Crippen LogP) is 2.07. The van der Waals surface area contributed by atoms with Crippen molar-refractivity contribution in [3.8, 4) is 0 Å². The quantitative estimate of drug-likeness (QED) is 0.702. The van der Waals surface area contributed by atoms with Gasteiger partial charge in [-0.25, -0.2) is 13.2 Å². The van der Waals surface area contributed by atoms with E-state index in [0.29, 0.717) is 22.3 Å². The van der Waals surface area contributed by atoms with Gasteiger partial charge < -0.3 is 10.7 Å². The number of aromatic amines is 1. The molecule has 6 nitrogen and oxygen atoms in total. The number of rotatable bonds is 2. The highest BCUT2D eigenvalue weighted by molar-refractivity contribution is 7.90. The summed E-state index contributed by atoms with van der Waals surface area (Å²) in [7, 11) is -3.99. The van der Waals surface area contributed by atoms with Gasteiger partial charge in [-0.3, -0.25) is 0 Å². The Labute approximate surface area is 133 Å². The maximum Gasteiger partial charge on any atom is 0.340 e. The largest absolute Gasteiger partial charge is 0.398 e. The van der Waals surface area contributed by atoms with E-state index >= 15 is 0 Å². The first-order valence-electron chi connectivity index (χ1n) is 7.05. The van der Waals surface area contributed by atoms with Gasteiger partial charge in [-0.1, -0.05) is 6.07 Å². The van der Waals surface area contributed by atoms with Crippen molar-refractivity contribution in [3.63, 3.8) is 0 Å². The summed E-state index contributed by atoms with van der Waals surface area (Å²) < 4.78 is 26.6. The molecule has 0 saturated carbocycles. The first kappa shape index (κ1) is 15.4. The zero-order chi connectivity index (χ0) is 16.9. The van der Waals surface area contributed by atoms with Crippen molar-refractivity contribution in [2.45, 2.75) is 25.7 Å². The number of nitrogens with one attached hydrogen (secondary N) is 1. The van der Waals surface area contributed by atoms with Gasteiger partial charge in [0, 0.05) is 5.69 Å². The second-order valence-electron chi connectivity index (χ2n) is 5.67. The number of anilines is 1. The van der Waals surface area contributed by atoms with Gasteiger partial charge in [0.2, 0.25) is 0 Å². The molecule has 3 aromatic rings. The fourth-order valence-corrected chi connectivity index (χ4v) is 3.92. The van der Waals surface area contributed by atoms with Crippen LogP contribution < -0.4 is 11.4 Å². The molecule has 1 aromatic heterocycles. The van der Waals surface area contributed by atoms with Gasteiger partial charge >= 0.3 is 5.69 Å². The van der Waals surface area contributed by atoms with E-state index in [1.807, 2.05) is 13.8 Å². The van der Waals surface area contributed by atoms with Crippen LogP contribution in [0.5, 0.6) is 0 Å². The summed E-state index contributed by atoms with van der Waals surface area (Å²) >= 11 is 0. The van der Waals surface area contributed by atoms with E-state index in [9.17, 15) is 13.2 Å². The number of benzene rings is 2. The van der Waals surface area contributed by atoms with Crippen LogP contribution >= 0.6 is 0 Å². The fraction of sp³-hybridized carbons (Fsp3) is 0.188. The van der Waals surface area contributed by atoms with Gasteiger partial charge in [0.25, 0.3) is 10.0 Å². The summed E-state index contributed by atoms with van der Waals surface area (Å²) in [4.78, 5) is 14.8. The van der Waals surface area contributed by atoms with E-state index in [4.69, 9.17) is 5.73 Å². The molecule has 7 heteroatoms. The number of nitrogen functional groups attached to an aromatic ring is 1. The van der Waals surface area contributed by atoms with Crippen molar-refractivity contribution in [1.82, 2.24) is 8.96 Å². The predicted molar refractivity (Wildman–Crippen MR) is 90.2 cm³/mol. The Morgan fingerprint density at radius 1 is 1.00 bits per heavy atom. The monoisotopic (exact) mass is 331 g/mol. The van der Waals surface area contributed by atoms with E-state index in [1.165, 1.54) is 6.07 Å². The molecule has 3 N–H and O–H groups in total. The van der Waals surface area contributed by atoms with E-state index in [1.54, 1.807) is 31.2 Å². The van der Waals surface area contributed by atoms with Gasteiger partial charge in [0.05, 0.1) is 15.9 Å². The Morgan fingerprint density at radius 3 is 2.35 bits per heavy atom. The Bertz CT molecular complexity index is 1090. The van der Waals surface area contributed by atoms with E-state index in [0.717, 1.165) is 15.1 Å². The molecule has 0 spiro atoms. The number of hydrogen-bond donors (Lipinski definition) is 2. The highest BCUT2D eigenvalue weighted by Gasteiger charge is 2.23. The molecule has 0 radical (unpaired) electrons. The third kappa shape index (κ3) is 2.33. The third-order valence-electron chi connectivity index (χ3n) is 4.05. The molecule has 120 valence electrons. The molecule has 3 rings (SSSR count). The van der Waals surface area contributed by atoms with Gasteiger partial charge in [0.1, 0.15) is 0 Å². The van der Waals surface area contributed by atoms with Gasteiger partial charge in [-0.15, -0.1) is 0 Å². The lowest BCUT2D eigenvalue weighted by Crippen LogP contribution is -2.25. The van der Waals surface area contributed by atoms with Gasteiger partial charge in [-0.05, 0) is 61.7 Å². The Morgan fingerprint density at radius 2 is 1.70 bits per heavy atom. The Hall–Kier alpha value is -2.54. The molecule has 0 atom stereocenters. The molecule has 0 aliphatic rings. The molecular formula is C16H17N3O3S. The SMILES string of the molecule is Cc1ccc(S(=O)(=O)n2c(=O)[nH]c3cc(N)c(C)cc32)cc1C. The molecule has 0 fully saturated rings. The topological polar surface area (TPSA) is 98.0 Å². The van der Waals surface area contributed by atoms with Crippen molar-refractivity contribution >= 4 is 26.7 Å². The van der Waals surface area contributed by atoms with E-state index in [-0.39, 0.29) is 4.90 Å². The van der Waals surface area contributed by atoms with Crippen LogP contribution in [0.4, 0.5) is 5.69 Å². The molecule has 0 aliphatic carbocycles. The summed E-state index contributed by atoms with van der Waals surface area (Å²) in [6.45, 7) is 5.49. The number of fused-ring (bicyclic) bond motifs is 1. The van der Waals surface area contributed by atoms with Gasteiger partial charge in [-0.2, -0.15) is 3.97 Å². The zero-order valence-electron chi connectivity index (χ0n) is 13.0. The first-order chi connectivity index (χ1) is 10.7. The number of imidazole rings is 1. The molecule has 23 heavy (non-hydrogen) atoms. The summed E-state index contributed by atoms with van der Waals surface area (Å²) in [6.07, 6.45) is 0. The van der Waals surface area contributed by atoms with Crippen molar-refractivity contribution in [2.24, 2.45) is 0 Å². The number of nitrogens with two attached hydrogens (primary N) is 1. The van der Waals surface area contributed by atoms with Crippen LogP contribution in [0, 0.1) is 20.8 Å². The van der Waals surface area contributed by atoms with Crippen molar-refractivity contribution in [2.75, 3.05) is 5.73 Å². The van der Waals surface area contributed by atoms with E-state index < -0.39 is 15.7 Å². The Balaban J connectivity index is 2.34. The summed E-state index contributed by atoms with van der Waals surface area (Å²) in [5, 5.41) is 0. The van der Waals surface area contributed by atoms with Crippen LogP contribution in [0.3, 0.4) is 0 Å². The maximum atomic E-state index is 12.9. The Kier molecular flexibility index (Phi) is 3.33. The van der Waals surface area contributed by atoms with Crippen LogP contribution in [-0.2, 0) is 10.0 Å². The average Bonchev–Trinajstić information content (AvgIpc) is 2.78. The van der Waals surface area contributed by atoms with Gasteiger partial charge in [0.15, 0.2) is 0 Å². The molecule has 0 saturated heterocycles. The minimum absolute atomic E-state index is 0.0816. The molecule has 0 aliphatic heterocycles. The molecule has 0 amide bonds. The fourth-order valence-electron chi connectivity index (χ4n) is 2.47.